The van der Waals surface area contributed by atoms with Gasteiger partial charge in [-0.3, -0.25) is 4.79 Å². The predicted octanol–water partition coefficient (Wildman–Crippen LogP) is 8.74. The summed E-state index contributed by atoms with van der Waals surface area (Å²) in [6, 6.07) is 0. The molecule has 0 spiro atoms. The maximum Gasteiger partial charge on any atom is 0.306 e. The fraction of sp³-hybridized carbons (Fsp3) is 0.903. The largest absolute Gasteiger partial charge is 0.462 e. The smallest absolute Gasteiger partial charge is 0.306 e. The van der Waals surface area contributed by atoms with Crippen LogP contribution < -0.4 is 0 Å². The van der Waals surface area contributed by atoms with Gasteiger partial charge in [-0.25, -0.2) is 0 Å². The monoisotopic (exact) mass is 456 g/mol. The van der Waals surface area contributed by atoms with Crippen molar-refractivity contribution in [2.45, 2.75) is 131 Å². The minimum atomic E-state index is 0.00772. The molecule has 8 atom stereocenters. The minimum absolute atomic E-state index is 0.00772. The van der Waals surface area contributed by atoms with Crippen LogP contribution in [0.4, 0.5) is 0 Å². The Kier molecular flexibility index (Phi) is 7.72. The standard InChI is InChI=1S/C31H52O2/c1-7-9-29(32)33-24-16-18-30(5)23(20-24)12-13-25-27-15-14-26(22(4)11-8-10-21(2)3)31(27,6)19-17-28(25)30/h12,21-22,24-28H,7-11,13-20H2,1-6H3/t22-,24+,25-,26?,27+,28?,30?,31?/m1/s1. The molecule has 3 fully saturated rings. The van der Waals surface area contributed by atoms with Gasteiger partial charge in [-0.15, -0.1) is 0 Å². The van der Waals surface area contributed by atoms with Crippen molar-refractivity contribution in [2.75, 3.05) is 0 Å². The number of carbonyl (C=O) groups excluding carboxylic acids is 1. The first-order chi connectivity index (χ1) is 15.7. The molecule has 2 heteroatoms. The van der Waals surface area contributed by atoms with Gasteiger partial charge < -0.3 is 4.74 Å². The maximum absolute atomic E-state index is 12.1. The summed E-state index contributed by atoms with van der Waals surface area (Å²) in [5.74, 6) is 5.31. The number of hydrogen-bond donors (Lipinski definition) is 0. The second kappa shape index (κ2) is 10.1. The molecule has 3 saturated carbocycles. The Hall–Kier alpha value is -0.790. The molecule has 0 aromatic heterocycles. The number of carbonyl (C=O) groups is 1. The SMILES string of the molecule is CCCC(=O)O[C@H]1CCC2(C)C(=CC[C@H]3C2CCC2(C)C([C@H](C)CCCC(C)C)CC[C@@H]32)C1. The normalized spacial score (nSPS) is 41.1. The Bertz CT molecular complexity index is 722. The van der Waals surface area contributed by atoms with E-state index in [9.17, 15) is 4.79 Å². The fourth-order valence-electron chi connectivity index (χ4n) is 9.20. The first-order valence-corrected chi connectivity index (χ1v) is 14.6. The molecule has 4 unspecified atom stereocenters. The Morgan fingerprint density at radius 2 is 1.85 bits per heavy atom. The Morgan fingerprint density at radius 1 is 1.06 bits per heavy atom. The lowest BCUT2D eigenvalue weighted by molar-refractivity contribution is -0.151. The van der Waals surface area contributed by atoms with Gasteiger partial charge in [-0.1, -0.05) is 72.5 Å². The summed E-state index contributed by atoms with van der Waals surface area (Å²) in [7, 11) is 0. The van der Waals surface area contributed by atoms with Gasteiger partial charge in [0.05, 0.1) is 0 Å². The molecule has 0 saturated heterocycles. The van der Waals surface area contributed by atoms with E-state index in [1.54, 1.807) is 5.57 Å². The number of rotatable bonds is 8. The molecule has 0 aromatic carbocycles. The van der Waals surface area contributed by atoms with Gasteiger partial charge in [0.2, 0.25) is 0 Å². The molecule has 0 heterocycles. The molecular weight excluding hydrogens is 404 g/mol. The second-order valence-corrected chi connectivity index (χ2v) is 13.4. The highest BCUT2D eigenvalue weighted by Gasteiger charge is 2.59. The van der Waals surface area contributed by atoms with Crippen molar-refractivity contribution in [3.05, 3.63) is 11.6 Å². The molecule has 4 aliphatic carbocycles. The van der Waals surface area contributed by atoms with Crippen LogP contribution in [0.25, 0.3) is 0 Å². The Labute approximate surface area is 204 Å². The highest BCUT2D eigenvalue weighted by atomic mass is 16.5. The lowest BCUT2D eigenvalue weighted by Crippen LogP contribution is -2.51. The van der Waals surface area contributed by atoms with Crippen LogP contribution in [0.5, 0.6) is 0 Å². The highest BCUT2D eigenvalue weighted by Crippen LogP contribution is 2.67. The molecule has 188 valence electrons. The summed E-state index contributed by atoms with van der Waals surface area (Å²) in [5, 5.41) is 0. The minimum Gasteiger partial charge on any atom is -0.462 e. The van der Waals surface area contributed by atoms with E-state index in [0.717, 1.165) is 54.8 Å². The van der Waals surface area contributed by atoms with E-state index in [2.05, 4.69) is 47.6 Å². The zero-order valence-corrected chi connectivity index (χ0v) is 22.6. The van der Waals surface area contributed by atoms with E-state index >= 15 is 0 Å². The van der Waals surface area contributed by atoms with E-state index in [4.69, 9.17) is 4.74 Å². The van der Waals surface area contributed by atoms with Gasteiger partial charge in [0, 0.05) is 12.8 Å². The lowest BCUT2D eigenvalue weighted by Gasteiger charge is -2.58. The third-order valence-electron chi connectivity index (χ3n) is 11.0. The first kappa shape index (κ1) is 25.3. The number of hydrogen-bond acceptors (Lipinski definition) is 2. The molecule has 4 rings (SSSR count). The van der Waals surface area contributed by atoms with Gasteiger partial charge in [0.25, 0.3) is 0 Å². The second-order valence-electron chi connectivity index (χ2n) is 13.4. The van der Waals surface area contributed by atoms with Crippen LogP contribution in [0, 0.1) is 46.3 Å². The van der Waals surface area contributed by atoms with Crippen molar-refractivity contribution >= 4 is 5.97 Å². The van der Waals surface area contributed by atoms with Crippen LogP contribution in [0.3, 0.4) is 0 Å². The van der Waals surface area contributed by atoms with Crippen molar-refractivity contribution in [1.29, 1.82) is 0 Å². The molecule has 0 N–H and O–H groups in total. The topological polar surface area (TPSA) is 26.3 Å². The van der Waals surface area contributed by atoms with Gasteiger partial charge in [-0.2, -0.15) is 0 Å². The Balaban J connectivity index is 1.43. The molecular formula is C31H52O2. The number of allylic oxidation sites excluding steroid dienone is 1. The van der Waals surface area contributed by atoms with Crippen molar-refractivity contribution in [1.82, 2.24) is 0 Å². The first-order valence-electron chi connectivity index (χ1n) is 14.6. The molecule has 33 heavy (non-hydrogen) atoms. The zero-order valence-electron chi connectivity index (χ0n) is 22.6. The number of esters is 1. The summed E-state index contributed by atoms with van der Waals surface area (Å²) in [6.07, 6.45) is 18.8. The van der Waals surface area contributed by atoms with Crippen molar-refractivity contribution in [3.8, 4) is 0 Å². The van der Waals surface area contributed by atoms with E-state index in [1.165, 1.54) is 57.8 Å². The van der Waals surface area contributed by atoms with E-state index in [-0.39, 0.29) is 12.1 Å². The van der Waals surface area contributed by atoms with Gasteiger partial charge in [0.15, 0.2) is 0 Å². The van der Waals surface area contributed by atoms with Crippen LogP contribution in [0.15, 0.2) is 11.6 Å². The summed E-state index contributed by atoms with van der Waals surface area (Å²) in [6.45, 7) is 14.6. The Morgan fingerprint density at radius 3 is 2.58 bits per heavy atom. The molecule has 0 radical (unpaired) electrons. The molecule has 4 aliphatic rings. The van der Waals surface area contributed by atoms with Gasteiger partial charge >= 0.3 is 5.97 Å². The number of ether oxygens (including phenoxy) is 1. The van der Waals surface area contributed by atoms with Crippen LogP contribution in [-0.2, 0) is 9.53 Å². The van der Waals surface area contributed by atoms with Crippen molar-refractivity contribution in [3.63, 3.8) is 0 Å². The quantitative estimate of drug-likeness (QED) is 0.269. The van der Waals surface area contributed by atoms with E-state index in [0.29, 0.717) is 17.3 Å². The molecule has 0 aliphatic heterocycles. The van der Waals surface area contributed by atoms with Crippen molar-refractivity contribution < 1.29 is 9.53 Å². The van der Waals surface area contributed by atoms with Crippen LogP contribution in [-0.4, -0.2) is 12.1 Å². The zero-order chi connectivity index (χ0) is 23.8. The number of fused-ring (bicyclic) bond motifs is 5. The molecule has 0 bridgehead atoms. The third-order valence-corrected chi connectivity index (χ3v) is 11.0. The highest BCUT2D eigenvalue weighted by molar-refractivity contribution is 5.69. The van der Waals surface area contributed by atoms with E-state index < -0.39 is 0 Å². The molecule has 0 amide bonds. The van der Waals surface area contributed by atoms with E-state index in [1.807, 2.05) is 0 Å². The van der Waals surface area contributed by atoms with Gasteiger partial charge in [0.1, 0.15) is 6.10 Å². The maximum atomic E-state index is 12.1. The molecule has 2 nitrogen and oxygen atoms in total. The summed E-state index contributed by atoms with van der Waals surface area (Å²) in [4.78, 5) is 12.1. The molecule has 0 aromatic rings. The predicted molar refractivity (Wildman–Crippen MR) is 138 cm³/mol. The third kappa shape index (κ3) is 4.84. The summed E-state index contributed by atoms with van der Waals surface area (Å²) < 4.78 is 5.85. The van der Waals surface area contributed by atoms with Crippen LogP contribution in [0.1, 0.15) is 125 Å². The summed E-state index contributed by atoms with van der Waals surface area (Å²) >= 11 is 0. The van der Waals surface area contributed by atoms with Crippen LogP contribution >= 0.6 is 0 Å². The fourth-order valence-corrected chi connectivity index (χ4v) is 9.20. The van der Waals surface area contributed by atoms with Crippen LogP contribution in [0.2, 0.25) is 0 Å². The lowest BCUT2D eigenvalue weighted by atomic mass is 9.47. The average molecular weight is 457 g/mol. The average Bonchev–Trinajstić information content (AvgIpc) is 3.11. The summed E-state index contributed by atoms with van der Waals surface area (Å²) in [5.41, 5.74) is 2.54. The van der Waals surface area contributed by atoms with Crippen molar-refractivity contribution in [2.24, 2.45) is 46.3 Å². The van der Waals surface area contributed by atoms with Gasteiger partial charge in [-0.05, 0) is 97.7 Å².